The Bertz CT molecular complexity index is 1120. The Hall–Kier alpha value is -3.54. The van der Waals surface area contributed by atoms with Crippen LogP contribution in [0.3, 0.4) is 0 Å². The Morgan fingerprint density at radius 2 is 2.17 bits per heavy atom. The first-order valence-electron chi connectivity index (χ1n) is 8.77. The quantitative estimate of drug-likeness (QED) is 0.516. The first-order chi connectivity index (χ1) is 13.9. The van der Waals surface area contributed by atoms with E-state index in [0.29, 0.717) is 35.0 Å². The molecule has 0 fully saturated rings. The molecule has 1 unspecified atom stereocenters. The van der Waals surface area contributed by atoms with Gasteiger partial charge in [0.05, 0.1) is 34.9 Å². The summed E-state index contributed by atoms with van der Waals surface area (Å²) in [6.45, 7) is 2.62. The zero-order valence-electron chi connectivity index (χ0n) is 15.5. The van der Waals surface area contributed by atoms with Gasteiger partial charge in [0.1, 0.15) is 5.82 Å². The van der Waals surface area contributed by atoms with E-state index >= 15 is 0 Å². The molecule has 29 heavy (non-hydrogen) atoms. The minimum atomic E-state index is -1.61. The molecule has 2 amide bonds. The number of hydrogen-bond acceptors (Lipinski definition) is 9. The molecular weight excluding hydrogens is 396 g/mol. The highest BCUT2D eigenvalue weighted by Crippen LogP contribution is 2.35. The number of oxime groups is 1. The molecule has 1 aliphatic rings. The molecular formula is C17H18N8O3S. The number of rotatable bonds is 7. The maximum Gasteiger partial charge on any atom is 0.265 e. The van der Waals surface area contributed by atoms with Gasteiger partial charge in [-0.3, -0.25) is 9.59 Å². The minimum absolute atomic E-state index is 0.00782. The average molecular weight is 414 g/mol. The maximum atomic E-state index is 12.0. The Morgan fingerprint density at radius 1 is 1.34 bits per heavy atom. The van der Waals surface area contributed by atoms with E-state index in [1.54, 1.807) is 22.6 Å². The lowest BCUT2D eigenvalue weighted by Crippen LogP contribution is -2.47. The minimum Gasteiger partial charge on any atom is -0.378 e. The zero-order valence-corrected chi connectivity index (χ0v) is 16.3. The van der Waals surface area contributed by atoms with Crippen molar-refractivity contribution in [2.75, 3.05) is 5.32 Å². The van der Waals surface area contributed by atoms with Gasteiger partial charge in [-0.2, -0.15) is 5.10 Å². The van der Waals surface area contributed by atoms with Crippen molar-refractivity contribution in [1.82, 2.24) is 19.7 Å². The fraction of sp³-hybridized carbons (Fsp3) is 0.294. The molecule has 11 nitrogen and oxygen atoms in total. The first-order valence-corrected chi connectivity index (χ1v) is 9.71. The number of anilines is 2. The molecule has 0 bridgehead atoms. The molecule has 150 valence electrons. The number of pyridine rings is 1. The van der Waals surface area contributed by atoms with Crippen molar-refractivity contribution >= 4 is 51.4 Å². The topological polar surface area (TPSA) is 163 Å². The van der Waals surface area contributed by atoms with Gasteiger partial charge in [0.15, 0.2) is 5.65 Å². The van der Waals surface area contributed by atoms with Gasteiger partial charge in [-0.05, 0) is 6.92 Å². The van der Waals surface area contributed by atoms with Crippen molar-refractivity contribution < 1.29 is 14.4 Å². The van der Waals surface area contributed by atoms with Crippen molar-refractivity contribution in [3.8, 4) is 0 Å². The Kier molecular flexibility index (Phi) is 4.62. The molecule has 3 aromatic rings. The summed E-state index contributed by atoms with van der Waals surface area (Å²) >= 11 is 1.44. The van der Waals surface area contributed by atoms with Crippen molar-refractivity contribution in [1.29, 1.82) is 0 Å². The highest BCUT2D eigenvalue weighted by atomic mass is 32.1. The summed E-state index contributed by atoms with van der Waals surface area (Å²) in [5.41, 5.74) is 13.2. The lowest BCUT2D eigenvalue weighted by molar-refractivity contribution is -0.145. The van der Waals surface area contributed by atoms with E-state index in [0.717, 1.165) is 5.39 Å². The van der Waals surface area contributed by atoms with Crippen LogP contribution in [0, 0.1) is 0 Å². The monoisotopic (exact) mass is 414 g/mol. The summed E-state index contributed by atoms with van der Waals surface area (Å²) in [4.78, 5) is 37.5. The standard InChI is InChI=1S/C17H18N8O3S/c1-2-25-15-10(6-22-25)14(23-13-7-29-8-21-13)9(5-20-15)11-3-17(16(19)27,28-24-11)4-12(18)26/h5-8H,2-4H2,1H3,(H2,18,26)(H2,19,27)(H,20,23). The number of primary amides is 2. The molecule has 5 N–H and O–H groups in total. The van der Waals surface area contributed by atoms with Crippen LogP contribution >= 0.6 is 11.3 Å². The van der Waals surface area contributed by atoms with E-state index in [1.165, 1.54) is 11.3 Å². The highest BCUT2D eigenvalue weighted by molar-refractivity contribution is 7.07. The maximum absolute atomic E-state index is 12.0. The predicted molar refractivity (Wildman–Crippen MR) is 107 cm³/mol. The van der Waals surface area contributed by atoms with E-state index in [1.807, 2.05) is 12.3 Å². The van der Waals surface area contributed by atoms with Crippen LogP contribution in [0.1, 0.15) is 25.3 Å². The Morgan fingerprint density at radius 3 is 2.83 bits per heavy atom. The van der Waals surface area contributed by atoms with Crippen LogP contribution < -0.4 is 16.8 Å². The average Bonchev–Trinajstić information content (AvgIpc) is 3.41. The van der Waals surface area contributed by atoms with Gasteiger partial charge in [0.2, 0.25) is 11.5 Å². The van der Waals surface area contributed by atoms with Gasteiger partial charge in [0, 0.05) is 30.1 Å². The van der Waals surface area contributed by atoms with Gasteiger partial charge in [-0.25, -0.2) is 14.6 Å². The van der Waals surface area contributed by atoms with Crippen LogP contribution in [0.2, 0.25) is 0 Å². The highest BCUT2D eigenvalue weighted by Gasteiger charge is 2.47. The zero-order chi connectivity index (χ0) is 20.6. The number of amides is 2. The summed E-state index contributed by atoms with van der Waals surface area (Å²) < 4.78 is 1.76. The van der Waals surface area contributed by atoms with Crippen LogP contribution in [0.25, 0.3) is 11.0 Å². The summed E-state index contributed by atoms with van der Waals surface area (Å²) in [7, 11) is 0. The molecule has 1 atom stereocenters. The number of fused-ring (bicyclic) bond motifs is 1. The SMILES string of the molecule is CCn1ncc2c(Nc3cscn3)c(C3=NOC(CC(N)=O)(C(N)=O)C3)cnc21. The summed E-state index contributed by atoms with van der Waals surface area (Å²) in [6, 6.07) is 0. The van der Waals surface area contributed by atoms with Crippen LogP contribution in [0.5, 0.6) is 0 Å². The molecule has 0 saturated carbocycles. The third-order valence-corrected chi connectivity index (χ3v) is 5.24. The van der Waals surface area contributed by atoms with E-state index in [-0.39, 0.29) is 12.8 Å². The van der Waals surface area contributed by atoms with E-state index in [9.17, 15) is 9.59 Å². The Labute approximate surface area is 168 Å². The summed E-state index contributed by atoms with van der Waals surface area (Å²) in [5, 5.41) is 14.3. The number of nitrogens with one attached hydrogen (secondary N) is 1. The molecule has 0 aromatic carbocycles. The van der Waals surface area contributed by atoms with Gasteiger partial charge in [0.25, 0.3) is 5.91 Å². The van der Waals surface area contributed by atoms with Gasteiger partial charge >= 0.3 is 0 Å². The Balaban J connectivity index is 1.79. The van der Waals surface area contributed by atoms with E-state index in [2.05, 4.69) is 25.5 Å². The number of carbonyl (C=O) groups excluding carboxylic acids is 2. The molecule has 0 radical (unpaired) electrons. The number of carbonyl (C=O) groups is 2. The molecule has 1 aliphatic heterocycles. The summed E-state index contributed by atoms with van der Waals surface area (Å²) in [5.74, 6) is -0.874. The number of thiazole rings is 1. The molecule has 3 aromatic heterocycles. The molecule has 12 heteroatoms. The summed E-state index contributed by atoms with van der Waals surface area (Å²) in [6.07, 6.45) is 2.94. The number of hydrogen-bond donors (Lipinski definition) is 3. The van der Waals surface area contributed by atoms with E-state index in [4.69, 9.17) is 16.3 Å². The van der Waals surface area contributed by atoms with Crippen LogP contribution in [-0.2, 0) is 21.0 Å². The van der Waals surface area contributed by atoms with Gasteiger partial charge in [-0.15, -0.1) is 11.3 Å². The van der Waals surface area contributed by atoms with Crippen LogP contribution in [0.15, 0.2) is 28.4 Å². The van der Waals surface area contributed by atoms with Crippen LogP contribution in [-0.4, -0.2) is 42.9 Å². The smallest absolute Gasteiger partial charge is 0.265 e. The van der Waals surface area contributed by atoms with Crippen molar-refractivity contribution in [2.24, 2.45) is 16.6 Å². The second kappa shape index (κ2) is 7.13. The van der Waals surface area contributed by atoms with Crippen LogP contribution in [0.4, 0.5) is 11.5 Å². The number of aromatic nitrogens is 4. The molecule has 0 saturated heterocycles. The largest absolute Gasteiger partial charge is 0.378 e. The van der Waals surface area contributed by atoms with E-state index < -0.39 is 17.4 Å². The first kappa shape index (κ1) is 18.8. The van der Waals surface area contributed by atoms with Crippen molar-refractivity contribution in [3.05, 3.63) is 28.8 Å². The molecule has 4 rings (SSSR count). The second-order valence-electron chi connectivity index (χ2n) is 6.55. The number of nitrogens with two attached hydrogens (primary N) is 2. The third-order valence-electron chi connectivity index (χ3n) is 4.65. The normalized spacial score (nSPS) is 18.4. The molecule has 0 aliphatic carbocycles. The predicted octanol–water partition coefficient (Wildman–Crippen LogP) is 0.875. The molecule has 0 spiro atoms. The fourth-order valence-corrected chi connectivity index (χ4v) is 3.72. The molecule has 4 heterocycles. The third kappa shape index (κ3) is 3.27. The van der Waals surface area contributed by atoms with Crippen molar-refractivity contribution in [2.45, 2.75) is 31.9 Å². The lowest BCUT2D eigenvalue weighted by Gasteiger charge is -2.21. The number of nitrogens with zero attached hydrogens (tertiary/aromatic N) is 5. The van der Waals surface area contributed by atoms with Gasteiger partial charge < -0.3 is 21.6 Å². The number of aryl methyl sites for hydroxylation is 1. The fourth-order valence-electron chi connectivity index (χ4n) is 3.23. The van der Waals surface area contributed by atoms with Crippen molar-refractivity contribution in [3.63, 3.8) is 0 Å². The lowest BCUT2D eigenvalue weighted by atomic mass is 9.90. The second-order valence-corrected chi connectivity index (χ2v) is 7.27. The van der Waals surface area contributed by atoms with Gasteiger partial charge in [-0.1, -0.05) is 5.16 Å².